The van der Waals surface area contributed by atoms with Gasteiger partial charge in [-0.15, -0.1) is 13.2 Å². The lowest BCUT2D eigenvalue weighted by Gasteiger charge is -2.29. The molecule has 148 valence electrons. The van der Waals surface area contributed by atoms with Crippen molar-refractivity contribution in [1.82, 2.24) is 5.32 Å². The van der Waals surface area contributed by atoms with Crippen molar-refractivity contribution in [3.05, 3.63) is 35.9 Å². The third-order valence-corrected chi connectivity index (χ3v) is 4.33. The molecular weight excluding hydrogens is 363 g/mol. The summed E-state index contributed by atoms with van der Waals surface area (Å²) < 4.78 is 44.9. The van der Waals surface area contributed by atoms with Gasteiger partial charge in [0, 0.05) is 12.1 Å². The van der Waals surface area contributed by atoms with Gasteiger partial charge in [0.15, 0.2) is 6.61 Å². The number of carbonyl (C=O) groups is 2. The van der Waals surface area contributed by atoms with Gasteiger partial charge in [0.05, 0.1) is 0 Å². The number of ether oxygens (including phenoxy) is 2. The Morgan fingerprint density at radius 3 is 2.48 bits per heavy atom. The number of benzene rings is 1. The van der Waals surface area contributed by atoms with E-state index in [1.54, 1.807) is 0 Å². The number of rotatable bonds is 6. The Morgan fingerprint density at radius 1 is 1.19 bits per heavy atom. The lowest BCUT2D eigenvalue weighted by Crippen LogP contribution is -2.42. The Hall–Kier alpha value is -2.51. The van der Waals surface area contributed by atoms with Crippen molar-refractivity contribution < 1.29 is 32.2 Å². The topological polar surface area (TPSA) is 64.6 Å². The zero-order chi connectivity index (χ0) is 19.9. The van der Waals surface area contributed by atoms with Crippen LogP contribution >= 0.6 is 0 Å². The Balaban J connectivity index is 1.75. The minimum atomic E-state index is -4.75. The number of nitrogens with one attached hydrogen (secondary N) is 1. The summed E-state index contributed by atoms with van der Waals surface area (Å²) in [5.41, 5.74) is 0.488. The van der Waals surface area contributed by atoms with Crippen LogP contribution in [0.1, 0.15) is 38.2 Å². The molecule has 0 radical (unpaired) electrons. The maximum atomic E-state index is 12.1. The second-order valence-electron chi connectivity index (χ2n) is 6.49. The first-order valence-electron chi connectivity index (χ1n) is 8.73. The van der Waals surface area contributed by atoms with E-state index in [-0.39, 0.29) is 24.3 Å². The summed E-state index contributed by atoms with van der Waals surface area (Å²) in [4.78, 5) is 23.5. The largest absolute Gasteiger partial charge is 0.573 e. The molecule has 0 unspecified atom stereocenters. The molecule has 2 rings (SSSR count). The fraction of sp³-hybridized carbons (Fsp3) is 0.474. The fourth-order valence-electron chi connectivity index (χ4n) is 2.91. The van der Waals surface area contributed by atoms with Crippen LogP contribution in [0, 0.1) is 5.92 Å². The van der Waals surface area contributed by atoms with E-state index in [4.69, 9.17) is 4.74 Å². The molecule has 1 aliphatic rings. The van der Waals surface area contributed by atoms with Gasteiger partial charge < -0.3 is 14.8 Å². The molecule has 0 aromatic heterocycles. The van der Waals surface area contributed by atoms with Crippen molar-refractivity contribution >= 4 is 18.0 Å². The van der Waals surface area contributed by atoms with Crippen LogP contribution in [0.4, 0.5) is 13.2 Å². The van der Waals surface area contributed by atoms with Gasteiger partial charge in [0.2, 0.25) is 0 Å². The molecule has 1 aromatic carbocycles. The van der Waals surface area contributed by atoms with Crippen LogP contribution in [-0.4, -0.2) is 30.9 Å². The van der Waals surface area contributed by atoms with E-state index in [9.17, 15) is 22.8 Å². The van der Waals surface area contributed by atoms with Crippen LogP contribution in [0.2, 0.25) is 0 Å². The van der Waals surface area contributed by atoms with E-state index in [2.05, 4.69) is 17.0 Å². The van der Waals surface area contributed by atoms with E-state index in [0.29, 0.717) is 11.5 Å². The molecule has 0 aliphatic heterocycles. The molecule has 5 nitrogen and oxygen atoms in total. The highest BCUT2D eigenvalue weighted by Crippen LogP contribution is 2.24. The lowest BCUT2D eigenvalue weighted by atomic mass is 9.86. The standard InChI is InChI=1S/C19H22F3NO4/c1-13-4-2-3-5-16(13)23-17(24)12-26-18(25)11-8-14-6-9-15(10-7-14)27-19(20,21)22/h6-11,13,16H,2-5,12H2,1H3,(H,23,24)/b11-8+/t13-,16+/m0/s1. The summed E-state index contributed by atoms with van der Waals surface area (Å²) in [6.07, 6.45) is 1.96. The molecule has 1 aliphatic carbocycles. The molecule has 0 saturated heterocycles. The van der Waals surface area contributed by atoms with E-state index in [0.717, 1.165) is 43.9 Å². The summed E-state index contributed by atoms with van der Waals surface area (Å²) in [6, 6.07) is 5.11. The highest BCUT2D eigenvalue weighted by Gasteiger charge is 2.30. The van der Waals surface area contributed by atoms with Gasteiger partial charge in [-0.2, -0.15) is 0 Å². The first-order valence-corrected chi connectivity index (χ1v) is 8.73. The predicted octanol–water partition coefficient (Wildman–Crippen LogP) is 3.84. The second-order valence-corrected chi connectivity index (χ2v) is 6.49. The lowest BCUT2D eigenvalue weighted by molar-refractivity contribution is -0.274. The summed E-state index contributed by atoms with van der Waals surface area (Å²) in [5.74, 6) is -1.000. The Labute approximate surface area is 155 Å². The molecule has 1 saturated carbocycles. The molecule has 0 bridgehead atoms. The first kappa shape index (κ1) is 20.8. The summed E-state index contributed by atoms with van der Waals surface area (Å²) in [5, 5.41) is 2.88. The van der Waals surface area contributed by atoms with E-state index >= 15 is 0 Å². The van der Waals surface area contributed by atoms with Gasteiger partial charge in [-0.3, -0.25) is 4.79 Å². The summed E-state index contributed by atoms with van der Waals surface area (Å²) in [6.45, 7) is 1.72. The van der Waals surface area contributed by atoms with Crippen LogP contribution in [0.15, 0.2) is 30.3 Å². The zero-order valence-corrected chi connectivity index (χ0v) is 14.9. The Kier molecular flexibility index (Phi) is 7.27. The van der Waals surface area contributed by atoms with E-state index in [1.807, 2.05) is 0 Å². The average Bonchev–Trinajstić information content (AvgIpc) is 2.60. The van der Waals surface area contributed by atoms with Crippen LogP contribution in [0.5, 0.6) is 5.75 Å². The van der Waals surface area contributed by atoms with Crippen molar-refractivity contribution in [2.75, 3.05) is 6.61 Å². The highest BCUT2D eigenvalue weighted by molar-refractivity contribution is 5.89. The van der Waals surface area contributed by atoms with Gasteiger partial charge in [-0.1, -0.05) is 31.9 Å². The van der Waals surface area contributed by atoms with Gasteiger partial charge in [0.1, 0.15) is 5.75 Å². The van der Waals surface area contributed by atoms with Crippen molar-refractivity contribution in [2.45, 2.75) is 45.0 Å². The van der Waals surface area contributed by atoms with E-state index in [1.165, 1.54) is 18.2 Å². The highest BCUT2D eigenvalue weighted by atomic mass is 19.4. The number of halogens is 3. The number of carbonyl (C=O) groups excluding carboxylic acids is 2. The third-order valence-electron chi connectivity index (χ3n) is 4.33. The van der Waals surface area contributed by atoms with Gasteiger partial charge >= 0.3 is 12.3 Å². The predicted molar refractivity (Wildman–Crippen MR) is 92.7 cm³/mol. The fourth-order valence-corrected chi connectivity index (χ4v) is 2.91. The average molecular weight is 385 g/mol. The van der Waals surface area contributed by atoms with Crippen molar-refractivity contribution in [3.8, 4) is 5.75 Å². The maximum Gasteiger partial charge on any atom is 0.573 e. The van der Waals surface area contributed by atoms with Crippen LogP contribution in [-0.2, 0) is 14.3 Å². The monoisotopic (exact) mass is 385 g/mol. The molecule has 1 fully saturated rings. The Bertz CT molecular complexity index is 671. The third kappa shape index (κ3) is 7.72. The molecule has 1 amide bonds. The minimum Gasteiger partial charge on any atom is -0.452 e. The Morgan fingerprint density at radius 2 is 1.85 bits per heavy atom. The first-order chi connectivity index (χ1) is 12.7. The quantitative estimate of drug-likeness (QED) is 0.597. The number of esters is 1. The molecule has 0 spiro atoms. The van der Waals surface area contributed by atoms with Gasteiger partial charge in [-0.25, -0.2) is 4.79 Å². The molecular formula is C19H22F3NO4. The number of hydrogen-bond acceptors (Lipinski definition) is 4. The van der Waals surface area contributed by atoms with Crippen molar-refractivity contribution in [1.29, 1.82) is 0 Å². The van der Waals surface area contributed by atoms with Crippen molar-refractivity contribution in [2.24, 2.45) is 5.92 Å². The van der Waals surface area contributed by atoms with Crippen LogP contribution in [0.25, 0.3) is 6.08 Å². The molecule has 1 N–H and O–H groups in total. The van der Waals surface area contributed by atoms with Gasteiger partial charge in [0.25, 0.3) is 5.91 Å². The molecule has 8 heteroatoms. The molecule has 2 atom stereocenters. The number of hydrogen-bond donors (Lipinski definition) is 1. The number of alkyl halides is 3. The maximum absolute atomic E-state index is 12.1. The SMILES string of the molecule is C[C@H]1CCCC[C@H]1NC(=O)COC(=O)/C=C/c1ccc(OC(F)(F)F)cc1. The second kappa shape index (κ2) is 9.43. The molecule has 27 heavy (non-hydrogen) atoms. The normalized spacial score (nSPS) is 20.3. The number of amides is 1. The van der Waals surface area contributed by atoms with Crippen LogP contribution < -0.4 is 10.1 Å². The van der Waals surface area contributed by atoms with Gasteiger partial charge in [-0.05, 0) is 42.5 Å². The van der Waals surface area contributed by atoms with Crippen molar-refractivity contribution in [3.63, 3.8) is 0 Å². The zero-order valence-electron chi connectivity index (χ0n) is 14.9. The molecule has 0 heterocycles. The summed E-state index contributed by atoms with van der Waals surface area (Å²) in [7, 11) is 0. The van der Waals surface area contributed by atoms with Crippen LogP contribution in [0.3, 0.4) is 0 Å². The minimum absolute atomic E-state index is 0.109. The molecule has 1 aromatic rings. The summed E-state index contributed by atoms with van der Waals surface area (Å²) >= 11 is 0. The van der Waals surface area contributed by atoms with E-state index < -0.39 is 12.3 Å². The smallest absolute Gasteiger partial charge is 0.452 e.